The number of para-hydroxylation sites is 1. The van der Waals surface area contributed by atoms with Gasteiger partial charge in [0, 0.05) is 11.1 Å². The Balaban J connectivity index is 1.70. The number of aryl methyl sites for hydroxylation is 1. The molecule has 144 valence electrons. The normalized spacial score (nSPS) is 11.1. The van der Waals surface area contributed by atoms with Crippen molar-refractivity contribution in [2.75, 3.05) is 11.0 Å². The maximum absolute atomic E-state index is 11.7. The van der Waals surface area contributed by atoms with Gasteiger partial charge in [0.05, 0.1) is 23.0 Å². The standard InChI is InChI=1S/C23H19N3O2S/c1-16-6-5-7-17(14-16)10-13-23-24-21-12-11-18(15-22(21)25-23)19-8-3-4-9-20(19)26-29(2,27)28/h3-9,11-12,14-15,26H,1-2H3,(H,24,25). The van der Waals surface area contributed by atoms with Gasteiger partial charge in [-0.1, -0.05) is 42.3 Å². The second kappa shape index (κ2) is 7.46. The predicted molar refractivity (Wildman–Crippen MR) is 117 cm³/mol. The third kappa shape index (κ3) is 4.48. The molecule has 0 atom stereocenters. The molecule has 2 N–H and O–H groups in total. The van der Waals surface area contributed by atoms with Crippen molar-refractivity contribution in [1.82, 2.24) is 9.97 Å². The van der Waals surface area contributed by atoms with Crippen LogP contribution in [0.1, 0.15) is 17.0 Å². The Morgan fingerprint density at radius 3 is 2.59 bits per heavy atom. The van der Waals surface area contributed by atoms with Gasteiger partial charge >= 0.3 is 0 Å². The van der Waals surface area contributed by atoms with Crippen LogP contribution in [0.25, 0.3) is 22.2 Å². The van der Waals surface area contributed by atoms with E-state index in [0.717, 1.165) is 39.5 Å². The van der Waals surface area contributed by atoms with E-state index >= 15 is 0 Å². The lowest BCUT2D eigenvalue weighted by molar-refractivity contribution is 0.607. The number of hydrogen-bond donors (Lipinski definition) is 2. The summed E-state index contributed by atoms with van der Waals surface area (Å²) < 4.78 is 25.9. The smallest absolute Gasteiger partial charge is 0.229 e. The van der Waals surface area contributed by atoms with Crippen LogP contribution in [0.2, 0.25) is 0 Å². The van der Waals surface area contributed by atoms with Crippen molar-refractivity contribution in [3.05, 3.63) is 83.7 Å². The molecule has 0 aliphatic heterocycles. The van der Waals surface area contributed by atoms with E-state index in [2.05, 4.69) is 26.5 Å². The van der Waals surface area contributed by atoms with Crippen molar-refractivity contribution < 1.29 is 8.42 Å². The summed E-state index contributed by atoms with van der Waals surface area (Å²) in [4.78, 5) is 7.76. The van der Waals surface area contributed by atoms with E-state index in [9.17, 15) is 8.42 Å². The summed E-state index contributed by atoms with van der Waals surface area (Å²) in [6.45, 7) is 2.03. The number of hydrogen-bond acceptors (Lipinski definition) is 3. The number of rotatable bonds is 3. The largest absolute Gasteiger partial charge is 0.331 e. The number of benzene rings is 3. The number of anilines is 1. The van der Waals surface area contributed by atoms with Crippen molar-refractivity contribution in [2.45, 2.75) is 6.92 Å². The number of H-pyrrole nitrogens is 1. The molecule has 0 fully saturated rings. The van der Waals surface area contributed by atoms with Gasteiger partial charge in [0.2, 0.25) is 10.0 Å². The second-order valence-corrected chi connectivity index (χ2v) is 8.61. The zero-order valence-corrected chi connectivity index (χ0v) is 16.8. The lowest BCUT2D eigenvalue weighted by Gasteiger charge is -2.10. The van der Waals surface area contributed by atoms with Gasteiger partial charge in [-0.2, -0.15) is 0 Å². The Labute approximate surface area is 169 Å². The van der Waals surface area contributed by atoms with Gasteiger partial charge in [-0.05, 0) is 54.3 Å². The number of imidazole rings is 1. The van der Waals surface area contributed by atoms with Gasteiger partial charge in [0.1, 0.15) is 0 Å². The van der Waals surface area contributed by atoms with Crippen LogP contribution in [0.3, 0.4) is 0 Å². The van der Waals surface area contributed by atoms with Crippen molar-refractivity contribution in [1.29, 1.82) is 0 Å². The first-order valence-electron chi connectivity index (χ1n) is 9.03. The van der Waals surface area contributed by atoms with Crippen molar-refractivity contribution in [3.8, 4) is 23.0 Å². The highest BCUT2D eigenvalue weighted by atomic mass is 32.2. The number of fused-ring (bicyclic) bond motifs is 1. The molecule has 0 aliphatic rings. The van der Waals surface area contributed by atoms with Gasteiger partial charge in [-0.15, -0.1) is 0 Å². The minimum atomic E-state index is -3.37. The van der Waals surface area contributed by atoms with E-state index in [1.807, 2.05) is 61.5 Å². The van der Waals surface area contributed by atoms with Gasteiger partial charge in [-0.25, -0.2) is 13.4 Å². The second-order valence-electron chi connectivity index (χ2n) is 6.86. The van der Waals surface area contributed by atoms with Crippen molar-refractivity contribution >= 4 is 26.7 Å². The molecule has 29 heavy (non-hydrogen) atoms. The van der Waals surface area contributed by atoms with Gasteiger partial charge in [0.25, 0.3) is 0 Å². The summed E-state index contributed by atoms with van der Waals surface area (Å²) in [7, 11) is -3.37. The van der Waals surface area contributed by atoms with Crippen LogP contribution in [0.5, 0.6) is 0 Å². The zero-order chi connectivity index (χ0) is 20.4. The monoisotopic (exact) mass is 401 g/mol. The van der Waals surface area contributed by atoms with Gasteiger partial charge in [0.15, 0.2) is 5.82 Å². The third-order valence-electron chi connectivity index (χ3n) is 4.36. The first-order valence-corrected chi connectivity index (χ1v) is 10.9. The summed E-state index contributed by atoms with van der Waals surface area (Å²) in [5, 5.41) is 0. The number of aromatic amines is 1. The van der Waals surface area contributed by atoms with E-state index in [1.165, 1.54) is 0 Å². The first-order chi connectivity index (χ1) is 13.9. The average Bonchev–Trinajstić information content (AvgIpc) is 3.08. The maximum Gasteiger partial charge on any atom is 0.229 e. The molecular formula is C23H19N3O2S. The number of nitrogens with one attached hydrogen (secondary N) is 2. The Hall–Kier alpha value is -3.56. The molecule has 5 nitrogen and oxygen atoms in total. The molecule has 0 amide bonds. The summed E-state index contributed by atoms with van der Waals surface area (Å²) in [5.74, 6) is 6.78. The Morgan fingerprint density at radius 2 is 1.79 bits per heavy atom. The minimum Gasteiger partial charge on any atom is -0.331 e. The predicted octanol–water partition coefficient (Wildman–Crippen LogP) is 4.31. The molecule has 4 aromatic rings. The first kappa shape index (κ1) is 18.8. The molecule has 0 aliphatic carbocycles. The van der Waals surface area contributed by atoms with Crippen LogP contribution in [0, 0.1) is 18.8 Å². The van der Waals surface area contributed by atoms with Crippen LogP contribution < -0.4 is 4.72 Å². The topological polar surface area (TPSA) is 74.8 Å². The highest BCUT2D eigenvalue weighted by Crippen LogP contribution is 2.30. The van der Waals surface area contributed by atoms with E-state index < -0.39 is 10.0 Å². The number of sulfonamides is 1. The lowest BCUT2D eigenvalue weighted by atomic mass is 10.0. The maximum atomic E-state index is 11.7. The molecule has 3 aromatic carbocycles. The van der Waals surface area contributed by atoms with Crippen LogP contribution in [-0.2, 0) is 10.0 Å². The van der Waals surface area contributed by atoms with Crippen LogP contribution in [-0.4, -0.2) is 24.6 Å². The highest BCUT2D eigenvalue weighted by molar-refractivity contribution is 7.92. The summed E-state index contributed by atoms with van der Waals surface area (Å²) in [6, 6.07) is 21.1. The summed E-state index contributed by atoms with van der Waals surface area (Å²) in [5.41, 5.74) is 5.95. The molecule has 1 aromatic heterocycles. The summed E-state index contributed by atoms with van der Waals surface area (Å²) >= 11 is 0. The van der Waals surface area contributed by atoms with E-state index in [0.29, 0.717) is 11.5 Å². The molecule has 0 spiro atoms. The quantitative estimate of drug-likeness (QED) is 0.502. The van der Waals surface area contributed by atoms with E-state index in [-0.39, 0.29) is 0 Å². The Morgan fingerprint density at radius 1 is 0.966 bits per heavy atom. The van der Waals surface area contributed by atoms with Crippen molar-refractivity contribution in [3.63, 3.8) is 0 Å². The van der Waals surface area contributed by atoms with Crippen molar-refractivity contribution in [2.24, 2.45) is 0 Å². The van der Waals surface area contributed by atoms with Gasteiger partial charge < -0.3 is 4.98 Å². The fraction of sp³-hybridized carbons (Fsp3) is 0.0870. The lowest BCUT2D eigenvalue weighted by Crippen LogP contribution is -2.10. The highest BCUT2D eigenvalue weighted by Gasteiger charge is 2.10. The Kier molecular flexibility index (Phi) is 4.83. The number of nitrogens with zero attached hydrogens (tertiary/aromatic N) is 1. The average molecular weight is 401 g/mol. The van der Waals surface area contributed by atoms with Crippen LogP contribution >= 0.6 is 0 Å². The number of aromatic nitrogens is 2. The van der Waals surface area contributed by atoms with E-state index in [4.69, 9.17) is 0 Å². The van der Waals surface area contributed by atoms with Crippen LogP contribution in [0.15, 0.2) is 66.7 Å². The molecule has 6 heteroatoms. The molecule has 0 saturated carbocycles. The molecule has 0 bridgehead atoms. The molecule has 4 rings (SSSR count). The van der Waals surface area contributed by atoms with E-state index in [1.54, 1.807) is 12.1 Å². The third-order valence-corrected chi connectivity index (χ3v) is 4.95. The Bertz CT molecular complexity index is 1380. The molecule has 0 saturated heterocycles. The fourth-order valence-electron chi connectivity index (χ4n) is 3.11. The zero-order valence-electron chi connectivity index (χ0n) is 16.0. The minimum absolute atomic E-state index is 0.535. The molecule has 1 heterocycles. The molecule has 0 radical (unpaired) electrons. The van der Waals surface area contributed by atoms with Gasteiger partial charge in [-0.3, -0.25) is 4.72 Å². The fourth-order valence-corrected chi connectivity index (χ4v) is 3.69. The SMILES string of the molecule is Cc1cccc(C#Cc2nc3ccc(-c4ccccc4NS(C)(=O)=O)cc3[nH]2)c1. The molecule has 0 unspecified atom stereocenters. The molecular weight excluding hydrogens is 382 g/mol. The summed E-state index contributed by atoms with van der Waals surface area (Å²) in [6.07, 6.45) is 1.14. The van der Waals surface area contributed by atoms with Crippen LogP contribution in [0.4, 0.5) is 5.69 Å².